The molecule has 1 aliphatic rings. The number of aromatic nitrogens is 3. The monoisotopic (exact) mass is 292 g/mol. The summed E-state index contributed by atoms with van der Waals surface area (Å²) in [5.41, 5.74) is 0.784. The van der Waals surface area contributed by atoms with Crippen molar-refractivity contribution in [1.29, 1.82) is 0 Å². The molecule has 0 aliphatic heterocycles. The van der Waals surface area contributed by atoms with Gasteiger partial charge >= 0.3 is 0 Å². The van der Waals surface area contributed by atoms with Crippen LogP contribution in [0.2, 0.25) is 0 Å². The summed E-state index contributed by atoms with van der Waals surface area (Å²) in [5.74, 6) is 0.771. The van der Waals surface area contributed by atoms with Crippen molar-refractivity contribution in [2.45, 2.75) is 52.0 Å². The predicted octanol–water partition coefficient (Wildman–Crippen LogP) is 2.70. The number of nitrogens with one attached hydrogen (secondary N) is 1. The van der Waals surface area contributed by atoms with Crippen molar-refractivity contribution >= 4 is 21.4 Å². The van der Waals surface area contributed by atoms with Gasteiger partial charge < -0.3 is 5.32 Å². The van der Waals surface area contributed by atoms with Gasteiger partial charge in [0.2, 0.25) is 10.1 Å². The van der Waals surface area contributed by atoms with Crippen LogP contribution < -0.4 is 10.9 Å². The minimum atomic E-state index is -0.0799. The first-order valence-electron chi connectivity index (χ1n) is 7.37. The smallest absolute Gasteiger partial charge is 0.275 e. The number of hydrogen-bond donors (Lipinski definition) is 1. The molecule has 2 unspecified atom stereocenters. The quantitative estimate of drug-likeness (QED) is 0.889. The average molecular weight is 292 g/mol. The molecule has 20 heavy (non-hydrogen) atoms. The minimum Gasteiger partial charge on any atom is -0.357 e. The predicted molar refractivity (Wildman–Crippen MR) is 81.6 cm³/mol. The molecule has 0 bridgehead atoms. The molecule has 1 saturated carbocycles. The van der Waals surface area contributed by atoms with E-state index in [0.717, 1.165) is 29.6 Å². The van der Waals surface area contributed by atoms with E-state index in [1.54, 1.807) is 6.07 Å². The molecule has 0 radical (unpaired) electrons. The van der Waals surface area contributed by atoms with Crippen molar-refractivity contribution in [2.75, 3.05) is 5.32 Å². The molecule has 6 heteroatoms. The van der Waals surface area contributed by atoms with Gasteiger partial charge in [0.1, 0.15) is 0 Å². The Morgan fingerprint density at radius 2 is 2.30 bits per heavy atom. The highest BCUT2D eigenvalue weighted by Crippen LogP contribution is 2.37. The average Bonchev–Trinajstić information content (AvgIpc) is 2.98. The lowest BCUT2D eigenvalue weighted by atomic mass is 10.2. The van der Waals surface area contributed by atoms with E-state index in [9.17, 15) is 4.79 Å². The van der Waals surface area contributed by atoms with Crippen molar-refractivity contribution in [3.63, 3.8) is 0 Å². The van der Waals surface area contributed by atoms with E-state index in [1.165, 1.54) is 35.1 Å². The van der Waals surface area contributed by atoms with Gasteiger partial charge in [-0.05, 0) is 25.2 Å². The maximum absolute atomic E-state index is 12.0. The number of rotatable bonds is 6. The summed E-state index contributed by atoms with van der Waals surface area (Å²) in [5, 5.41) is 8.58. The summed E-state index contributed by atoms with van der Waals surface area (Å²) < 4.78 is 1.41. The van der Waals surface area contributed by atoms with Gasteiger partial charge in [0, 0.05) is 17.8 Å². The molecule has 0 spiro atoms. The molecule has 2 aromatic rings. The van der Waals surface area contributed by atoms with Gasteiger partial charge in [0.15, 0.2) is 0 Å². The molecule has 0 aromatic carbocycles. The third-order valence-electron chi connectivity index (χ3n) is 3.70. The molecule has 1 N–H and O–H groups in total. The topological polar surface area (TPSA) is 59.3 Å². The minimum absolute atomic E-state index is 0.0799. The summed E-state index contributed by atoms with van der Waals surface area (Å²) in [4.78, 5) is 17.2. The van der Waals surface area contributed by atoms with Crippen molar-refractivity contribution in [3.05, 3.63) is 22.1 Å². The summed E-state index contributed by atoms with van der Waals surface area (Å²) in [7, 11) is 0. The number of hydrogen-bond acceptors (Lipinski definition) is 5. The summed E-state index contributed by atoms with van der Waals surface area (Å²) in [6, 6.07) is 2.12. The SMILES string of the molecule is CCCc1cc(=O)n2nc(NC3CC3CCC)sc2n1. The Bertz CT molecular complexity index is 663. The van der Waals surface area contributed by atoms with E-state index in [2.05, 4.69) is 29.2 Å². The lowest BCUT2D eigenvalue weighted by molar-refractivity contribution is 0.692. The molecule has 0 amide bonds. The third kappa shape index (κ3) is 2.70. The molecule has 2 heterocycles. The van der Waals surface area contributed by atoms with Gasteiger partial charge in [0.05, 0.1) is 0 Å². The zero-order valence-electron chi connectivity index (χ0n) is 11.9. The molecular weight excluding hydrogens is 272 g/mol. The van der Waals surface area contributed by atoms with Crippen LogP contribution in [0.4, 0.5) is 5.13 Å². The Balaban J connectivity index is 1.80. The van der Waals surface area contributed by atoms with Crippen LogP contribution in [0, 0.1) is 5.92 Å². The highest BCUT2D eigenvalue weighted by molar-refractivity contribution is 7.20. The van der Waals surface area contributed by atoms with Gasteiger partial charge in [-0.1, -0.05) is 38.0 Å². The molecule has 0 saturated heterocycles. The van der Waals surface area contributed by atoms with Gasteiger partial charge in [-0.3, -0.25) is 4.79 Å². The third-order valence-corrected chi connectivity index (χ3v) is 4.53. The summed E-state index contributed by atoms with van der Waals surface area (Å²) >= 11 is 1.47. The highest BCUT2D eigenvalue weighted by atomic mass is 32.1. The second kappa shape index (κ2) is 5.52. The second-order valence-electron chi connectivity index (χ2n) is 5.47. The molecule has 108 valence electrons. The Hall–Kier alpha value is -1.43. The van der Waals surface area contributed by atoms with E-state index in [-0.39, 0.29) is 5.56 Å². The zero-order chi connectivity index (χ0) is 14.1. The Morgan fingerprint density at radius 1 is 1.45 bits per heavy atom. The second-order valence-corrected chi connectivity index (χ2v) is 6.43. The lowest BCUT2D eigenvalue weighted by Gasteiger charge is -1.98. The lowest BCUT2D eigenvalue weighted by Crippen LogP contribution is -2.15. The van der Waals surface area contributed by atoms with E-state index in [0.29, 0.717) is 11.0 Å². The normalized spacial score (nSPS) is 21.3. The summed E-state index contributed by atoms with van der Waals surface area (Å²) in [6.07, 6.45) is 5.54. The van der Waals surface area contributed by atoms with Gasteiger partial charge in [0.25, 0.3) is 5.56 Å². The van der Waals surface area contributed by atoms with Crippen LogP contribution in [0.5, 0.6) is 0 Å². The Morgan fingerprint density at radius 3 is 3.05 bits per heavy atom. The standard InChI is InChI=1S/C14H20N4OS/c1-3-5-9-7-11(9)16-13-17-18-12(19)8-10(6-4-2)15-14(18)20-13/h8-9,11H,3-7H2,1-2H3,(H,16,17). The molecule has 5 nitrogen and oxygen atoms in total. The van der Waals surface area contributed by atoms with Crippen LogP contribution in [0.3, 0.4) is 0 Å². The van der Waals surface area contributed by atoms with Gasteiger partial charge in [-0.25, -0.2) is 4.98 Å². The van der Waals surface area contributed by atoms with E-state index < -0.39 is 0 Å². The number of nitrogens with zero attached hydrogens (tertiary/aromatic N) is 3. The highest BCUT2D eigenvalue weighted by Gasteiger charge is 2.36. The van der Waals surface area contributed by atoms with Crippen LogP contribution in [0.15, 0.2) is 10.9 Å². The van der Waals surface area contributed by atoms with Crippen molar-refractivity contribution in [2.24, 2.45) is 5.92 Å². The van der Waals surface area contributed by atoms with Crippen LogP contribution in [0.1, 0.15) is 45.2 Å². The van der Waals surface area contributed by atoms with Crippen molar-refractivity contribution in [3.8, 4) is 0 Å². The van der Waals surface area contributed by atoms with E-state index in [4.69, 9.17) is 0 Å². The van der Waals surface area contributed by atoms with Crippen molar-refractivity contribution < 1.29 is 0 Å². The van der Waals surface area contributed by atoms with Crippen LogP contribution in [-0.2, 0) is 6.42 Å². The number of anilines is 1. The first-order valence-corrected chi connectivity index (χ1v) is 8.19. The maximum atomic E-state index is 12.0. The van der Waals surface area contributed by atoms with Crippen molar-refractivity contribution in [1.82, 2.24) is 14.6 Å². The fourth-order valence-electron chi connectivity index (χ4n) is 2.57. The fraction of sp³-hybridized carbons (Fsp3) is 0.643. The summed E-state index contributed by atoms with van der Waals surface area (Å²) in [6.45, 7) is 4.30. The molecule has 1 fully saturated rings. The number of fused-ring (bicyclic) bond motifs is 1. The molecular formula is C14H20N4OS. The van der Waals surface area contributed by atoms with Crippen LogP contribution >= 0.6 is 11.3 Å². The molecule has 2 atom stereocenters. The van der Waals surface area contributed by atoms with Crippen LogP contribution in [0.25, 0.3) is 4.96 Å². The van der Waals surface area contributed by atoms with Gasteiger partial charge in [-0.15, -0.1) is 5.10 Å². The van der Waals surface area contributed by atoms with E-state index in [1.807, 2.05) is 0 Å². The first-order chi connectivity index (χ1) is 9.71. The Kier molecular flexibility index (Phi) is 3.74. The fourth-order valence-corrected chi connectivity index (χ4v) is 3.46. The van der Waals surface area contributed by atoms with Gasteiger partial charge in [-0.2, -0.15) is 4.52 Å². The van der Waals surface area contributed by atoms with E-state index >= 15 is 0 Å². The maximum Gasteiger partial charge on any atom is 0.275 e. The molecule has 2 aromatic heterocycles. The molecule has 1 aliphatic carbocycles. The number of aryl methyl sites for hydroxylation is 1. The van der Waals surface area contributed by atoms with Crippen LogP contribution in [-0.4, -0.2) is 20.6 Å². The largest absolute Gasteiger partial charge is 0.357 e. The first kappa shape index (κ1) is 13.5. The zero-order valence-corrected chi connectivity index (χ0v) is 12.7. The Labute approximate surface area is 122 Å². The molecule has 3 rings (SSSR count).